The number of nitrogens with zero attached hydrogens (tertiary/aromatic N) is 3. The number of nitrogens with one attached hydrogen (secondary N) is 1. The Kier molecular flexibility index (Phi) is 4.14. The molecule has 128 valence electrons. The van der Waals surface area contributed by atoms with Crippen molar-refractivity contribution in [2.45, 2.75) is 0 Å². The first-order valence-electron chi connectivity index (χ1n) is 7.65. The first kappa shape index (κ1) is 16.5. The molecule has 0 bridgehead atoms. The summed E-state index contributed by atoms with van der Waals surface area (Å²) in [4.78, 5) is 34.9. The van der Waals surface area contributed by atoms with Crippen LogP contribution in [0.15, 0.2) is 47.4 Å². The van der Waals surface area contributed by atoms with Crippen LogP contribution in [0.2, 0.25) is 0 Å². The highest BCUT2D eigenvalue weighted by Crippen LogP contribution is 2.29. The molecule has 2 aromatic heterocycles. The molecule has 0 fully saturated rings. The maximum Gasteiger partial charge on any atom is 0.268 e. The maximum absolute atomic E-state index is 12.7. The lowest BCUT2D eigenvalue weighted by molar-refractivity contribution is 0.0988. The van der Waals surface area contributed by atoms with Crippen LogP contribution < -0.4 is 15.4 Å². The minimum Gasteiger partial charge on any atom is -0.506 e. The number of carbonyl (C=O) groups is 1. The van der Waals surface area contributed by atoms with Gasteiger partial charge in [0.2, 0.25) is 0 Å². The summed E-state index contributed by atoms with van der Waals surface area (Å²) in [6.45, 7) is 0. The van der Waals surface area contributed by atoms with Crippen molar-refractivity contribution in [1.29, 1.82) is 0 Å². The Morgan fingerprint density at radius 2 is 1.92 bits per heavy atom. The molecule has 0 aliphatic carbocycles. The van der Waals surface area contributed by atoms with Crippen LogP contribution in [0.3, 0.4) is 0 Å². The van der Waals surface area contributed by atoms with Crippen LogP contribution in [0.25, 0.3) is 10.9 Å². The Morgan fingerprint density at radius 3 is 2.56 bits per heavy atom. The molecule has 25 heavy (non-hydrogen) atoms. The summed E-state index contributed by atoms with van der Waals surface area (Å²) in [5.41, 5.74) is 0.350. The molecule has 1 amide bonds. The number of aromatic amines is 1. The largest absolute Gasteiger partial charge is 0.506 e. The summed E-state index contributed by atoms with van der Waals surface area (Å²) in [5, 5.41) is 11.0. The van der Waals surface area contributed by atoms with Crippen molar-refractivity contribution in [2.24, 2.45) is 0 Å². The van der Waals surface area contributed by atoms with Crippen LogP contribution in [0.4, 0.5) is 11.5 Å². The van der Waals surface area contributed by atoms with Crippen LogP contribution in [-0.2, 0) is 0 Å². The number of aromatic hydroxyl groups is 1. The number of pyridine rings is 2. The smallest absolute Gasteiger partial charge is 0.268 e. The Hall–Kier alpha value is -3.35. The molecule has 7 nitrogen and oxygen atoms in total. The third-order valence-electron chi connectivity index (χ3n) is 4.00. The average molecular weight is 338 g/mol. The molecule has 0 saturated carbocycles. The van der Waals surface area contributed by atoms with Gasteiger partial charge in [0.1, 0.15) is 17.1 Å². The van der Waals surface area contributed by atoms with E-state index < -0.39 is 11.5 Å². The van der Waals surface area contributed by atoms with E-state index in [1.807, 2.05) is 25.1 Å². The van der Waals surface area contributed by atoms with Crippen molar-refractivity contribution < 1.29 is 9.90 Å². The molecule has 0 saturated heterocycles. The van der Waals surface area contributed by atoms with Crippen LogP contribution >= 0.6 is 0 Å². The van der Waals surface area contributed by atoms with E-state index in [2.05, 4.69) is 9.97 Å². The van der Waals surface area contributed by atoms with E-state index in [0.717, 1.165) is 5.69 Å². The van der Waals surface area contributed by atoms with Gasteiger partial charge in [0.15, 0.2) is 0 Å². The summed E-state index contributed by atoms with van der Waals surface area (Å²) in [6, 6.07) is 10.3. The number of fused-ring (bicyclic) bond motifs is 1. The van der Waals surface area contributed by atoms with E-state index in [-0.39, 0.29) is 11.3 Å². The first-order chi connectivity index (χ1) is 11.9. The zero-order valence-corrected chi connectivity index (χ0v) is 14.1. The van der Waals surface area contributed by atoms with E-state index in [4.69, 9.17) is 0 Å². The lowest BCUT2D eigenvalue weighted by atomic mass is 10.1. The molecule has 2 N–H and O–H groups in total. The minimum atomic E-state index is -0.643. The standard InChI is InChI=1S/C18H18N4O3/c1-21(2)11-7-8-13-12(10-11)16(23)15(17(24)20-13)18(25)22(3)14-6-4-5-9-19-14/h4-10H,1-3H3,(H2,20,23,24). The van der Waals surface area contributed by atoms with Gasteiger partial charge in [-0.05, 0) is 30.3 Å². The van der Waals surface area contributed by atoms with Crippen molar-refractivity contribution in [3.05, 3.63) is 58.5 Å². The number of rotatable bonds is 3. The zero-order chi connectivity index (χ0) is 18.1. The molecule has 0 unspecified atom stereocenters. The van der Waals surface area contributed by atoms with Gasteiger partial charge in [-0.3, -0.25) is 14.5 Å². The van der Waals surface area contributed by atoms with Crippen LogP contribution in [-0.4, -0.2) is 42.1 Å². The highest BCUT2D eigenvalue weighted by atomic mass is 16.3. The molecule has 0 aliphatic rings. The number of anilines is 2. The normalized spacial score (nSPS) is 10.7. The Morgan fingerprint density at radius 1 is 1.16 bits per heavy atom. The predicted molar refractivity (Wildman–Crippen MR) is 97.5 cm³/mol. The quantitative estimate of drug-likeness (QED) is 0.762. The van der Waals surface area contributed by atoms with Crippen molar-refractivity contribution in [1.82, 2.24) is 9.97 Å². The number of hydrogen-bond donors (Lipinski definition) is 2. The highest BCUT2D eigenvalue weighted by Gasteiger charge is 2.24. The van der Waals surface area contributed by atoms with Crippen molar-refractivity contribution in [3.63, 3.8) is 0 Å². The number of carbonyl (C=O) groups excluding carboxylic acids is 1. The predicted octanol–water partition coefficient (Wildman–Crippen LogP) is 1.97. The minimum absolute atomic E-state index is 0.309. The second-order valence-corrected chi connectivity index (χ2v) is 5.85. The van der Waals surface area contributed by atoms with Crippen molar-refractivity contribution in [3.8, 4) is 5.75 Å². The van der Waals surface area contributed by atoms with Gasteiger partial charge in [-0.2, -0.15) is 0 Å². The van der Waals surface area contributed by atoms with E-state index in [0.29, 0.717) is 16.7 Å². The van der Waals surface area contributed by atoms with Gasteiger partial charge in [0, 0.05) is 38.4 Å². The maximum atomic E-state index is 12.7. The van der Waals surface area contributed by atoms with Gasteiger partial charge in [0.25, 0.3) is 11.5 Å². The van der Waals surface area contributed by atoms with Crippen molar-refractivity contribution in [2.75, 3.05) is 30.9 Å². The lowest BCUT2D eigenvalue weighted by Gasteiger charge is -2.17. The molecular formula is C18H18N4O3. The monoisotopic (exact) mass is 338 g/mol. The van der Waals surface area contributed by atoms with E-state index in [9.17, 15) is 14.7 Å². The molecule has 1 aromatic carbocycles. The van der Waals surface area contributed by atoms with Crippen LogP contribution in [0.1, 0.15) is 10.4 Å². The summed E-state index contributed by atoms with van der Waals surface area (Å²) < 4.78 is 0. The SMILES string of the molecule is CN(C)c1ccc2[nH]c(=O)c(C(=O)N(C)c3ccccn3)c(O)c2c1. The van der Waals surface area contributed by atoms with Gasteiger partial charge in [0.05, 0.1) is 5.52 Å². The van der Waals surface area contributed by atoms with Gasteiger partial charge in [-0.15, -0.1) is 0 Å². The van der Waals surface area contributed by atoms with E-state index in [1.165, 1.54) is 11.9 Å². The summed E-state index contributed by atoms with van der Waals surface area (Å²) in [6.07, 6.45) is 1.55. The Balaban J connectivity index is 2.15. The van der Waals surface area contributed by atoms with Crippen LogP contribution in [0.5, 0.6) is 5.75 Å². The number of H-pyrrole nitrogens is 1. The first-order valence-corrected chi connectivity index (χ1v) is 7.65. The van der Waals surface area contributed by atoms with Crippen LogP contribution in [0, 0.1) is 0 Å². The van der Waals surface area contributed by atoms with E-state index in [1.54, 1.807) is 36.5 Å². The highest BCUT2D eigenvalue weighted by molar-refractivity contribution is 6.09. The van der Waals surface area contributed by atoms with Gasteiger partial charge >= 0.3 is 0 Å². The average Bonchev–Trinajstić information content (AvgIpc) is 2.61. The molecule has 7 heteroatoms. The summed E-state index contributed by atoms with van der Waals surface area (Å²) in [5.74, 6) is -0.585. The molecule has 3 rings (SSSR count). The topological polar surface area (TPSA) is 89.5 Å². The number of aromatic nitrogens is 2. The lowest BCUT2D eigenvalue weighted by Crippen LogP contribution is -2.32. The van der Waals surface area contributed by atoms with E-state index >= 15 is 0 Å². The second kappa shape index (κ2) is 6.27. The van der Waals surface area contributed by atoms with Gasteiger partial charge < -0.3 is 15.0 Å². The molecular weight excluding hydrogens is 320 g/mol. The second-order valence-electron chi connectivity index (χ2n) is 5.85. The number of benzene rings is 1. The molecule has 0 atom stereocenters. The third kappa shape index (κ3) is 2.91. The summed E-state index contributed by atoms with van der Waals surface area (Å²) >= 11 is 0. The third-order valence-corrected chi connectivity index (χ3v) is 4.00. The summed E-state index contributed by atoms with van der Waals surface area (Å²) in [7, 11) is 5.24. The van der Waals surface area contributed by atoms with Crippen molar-refractivity contribution >= 4 is 28.3 Å². The molecule has 0 radical (unpaired) electrons. The Bertz CT molecular complexity index is 996. The fourth-order valence-corrected chi connectivity index (χ4v) is 2.56. The number of hydrogen-bond acceptors (Lipinski definition) is 5. The zero-order valence-electron chi connectivity index (χ0n) is 14.1. The number of amides is 1. The molecule has 0 spiro atoms. The molecule has 0 aliphatic heterocycles. The fraction of sp³-hybridized carbons (Fsp3) is 0.167. The fourth-order valence-electron chi connectivity index (χ4n) is 2.56. The molecule has 3 aromatic rings. The van der Waals surface area contributed by atoms with Gasteiger partial charge in [-0.25, -0.2) is 4.98 Å². The Labute approximate surface area is 144 Å². The van der Waals surface area contributed by atoms with Gasteiger partial charge in [-0.1, -0.05) is 6.07 Å². The molecule has 2 heterocycles.